The molecule has 2 rings (SSSR count). The minimum absolute atomic E-state index is 0.388. The van der Waals surface area contributed by atoms with Gasteiger partial charge in [0.05, 0.1) is 13.1 Å². The van der Waals surface area contributed by atoms with Gasteiger partial charge in [-0.1, -0.05) is 56.6 Å². The van der Waals surface area contributed by atoms with Crippen molar-refractivity contribution in [1.82, 2.24) is 10.2 Å². The second kappa shape index (κ2) is 8.47. The van der Waals surface area contributed by atoms with Crippen LogP contribution in [0.5, 0.6) is 0 Å². The van der Waals surface area contributed by atoms with E-state index in [9.17, 15) is 4.57 Å². The Hall–Kier alpha value is -0.380. The summed E-state index contributed by atoms with van der Waals surface area (Å²) in [6.45, 7) is 0.775. The van der Waals surface area contributed by atoms with Crippen molar-refractivity contribution in [3.63, 3.8) is 0 Å². The van der Waals surface area contributed by atoms with Crippen LogP contribution in [-0.4, -0.2) is 0 Å². The smallest absolute Gasteiger partial charge is 0.0870 e. The van der Waals surface area contributed by atoms with Gasteiger partial charge in [0.1, 0.15) is 0 Å². The minimum Gasteiger partial charge on any atom is -0.0870 e. The molecule has 0 aliphatic rings. The van der Waals surface area contributed by atoms with Gasteiger partial charge in [-0.05, 0) is 52.1 Å². The largest absolute Gasteiger partial charge is 0.532 e. The van der Waals surface area contributed by atoms with Crippen LogP contribution >= 0.6 is 54.5 Å². The summed E-state index contributed by atoms with van der Waals surface area (Å²) < 4.78 is 11.9. The van der Waals surface area contributed by atoms with Crippen molar-refractivity contribution in [2.24, 2.45) is 0 Å². The van der Waals surface area contributed by atoms with Crippen molar-refractivity contribution in [2.75, 3.05) is 0 Å². The van der Waals surface area contributed by atoms with Crippen LogP contribution < -0.4 is 10.2 Å². The number of benzene rings is 2. The fourth-order valence-electron chi connectivity index (χ4n) is 1.81. The number of halogens is 4. The zero-order valence-corrected chi connectivity index (χ0v) is 15.2. The van der Waals surface area contributed by atoms with Gasteiger partial charge < -0.3 is 0 Å². The number of nitrogens with one attached hydrogen (secondary N) is 2. The first-order valence-electron chi connectivity index (χ1n) is 6.26. The predicted molar refractivity (Wildman–Crippen MR) is 94.2 cm³/mol. The van der Waals surface area contributed by atoms with Crippen LogP contribution in [0.3, 0.4) is 0 Å². The molecule has 116 valence electrons. The second-order valence-corrected chi connectivity index (χ2v) is 7.49. The van der Waals surface area contributed by atoms with Crippen molar-refractivity contribution in [2.45, 2.75) is 13.1 Å². The summed E-state index contributed by atoms with van der Waals surface area (Å²) in [6.07, 6.45) is 0. The van der Waals surface area contributed by atoms with Gasteiger partial charge in [0, 0.05) is 20.1 Å². The van der Waals surface area contributed by atoms with Crippen molar-refractivity contribution < 1.29 is 4.57 Å². The molecule has 0 amide bonds. The Labute approximate surface area is 149 Å². The number of hydrogen-bond donors (Lipinski definition) is 2. The van der Waals surface area contributed by atoms with Gasteiger partial charge in [0.2, 0.25) is 0 Å². The molecule has 0 saturated heterocycles. The number of rotatable bonds is 6. The van der Waals surface area contributed by atoms with Crippen LogP contribution in [0.25, 0.3) is 0 Å². The van der Waals surface area contributed by atoms with Gasteiger partial charge in [-0.2, -0.15) is 0 Å². The molecule has 0 bridgehead atoms. The predicted octanol–water partition coefficient (Wildman–Crippen LogP) is 5.84. The molecular formula is C14H12Cl4N2OP+. The summed E-state index contributed by atoms with van der Waals surface area (Å²) >= 11 is 23.6. The highest BCUT2D eigenvalue weighted by molar-refractivity contribution is 7.39. The Morgan fingerprint density at radius 1 is 0.682 bits per heavy atom. The highest BCUT2D eigenvalue weighted by Crippen LogP contribution is 2.22. The van der Waals surface area contributed by atoms with Crippen molar-refractivity contribution in [3.8, 4) is 0 Å². The highest BCUT2D eigenvalue weighted by Gasteiger charge is 2.15. The first kappa shape index (κ1) is 18.0. The lowest BCUT2D eigenvalue weighted by atomic mass is 10.2. The normalized spacial score (nSPS) is 10.7. The van der Waals surface area contributed by atoms with Crippen LogP contribution in [-0.2, 0) is 17.7 Å². The third-order valence-corrected chi connectivity index (χ3v) is 4.46. The SMILES string of the molecule is O=[P+](NCc1cc(Cl)cc(Cl)c1)NCc1cc(Cl)cc(Cl)c1. The molecule has 0 fully saturated rings. The summed E-state index contributed by atoms with van der Waals surface area (Å²) in [4.78, 5) is 0. The third-order valence-electron chi connectivity index (χ3n) is 2.70. The molecule has 0 radical (unpaired) electrons. The minimum atomic E-state index is -1.79. The van der Waals surface area contributed by atoms with E-state index in [1.165, 1.54) is 0 Å². The second-order valence-electron chi connectivity index (χ2n) is 4.52. The van der Waals surface area contributed by atoms with E-state index in [4.69, 9.17) is 46.4 Å². The van der Waals surface area contributed by atoms with E-state index >= 15 is 0 Å². The van der Waals surface area contributed by atoms with E-state index in [0.717, 1.165) is 11.1 Å². The Morgan fingerprint density at radius 2 is 1.00 bits per heavy atom. The van der Waals surface area contributed by atoms with Crippen molar-refractivity contribution in [3.05, 3.63) is 67.6 Å². The standard InChI is InChI=1S/C14H12Cl4N2OP/c15-11-1-9(2-12(16)5-11)7-19-22(21)20-8-10-3-13(17)6-14(18)4-10/h1-6H,7-8H2,(H2,19,20,21)/q+1. The molecule has 3 nitrogen and oxygen atoms in total. The summed E-state index contributed by atoms with van der Waals surface area (Å²) in [5.74, 6) is 0. The van der Waals surface area contributed by atoms with E-state index in [1.54, 1.807) is 36.4 Å². The van der Waals surface area contributed by atoms with Crippen LogP contribution in [0, 0.1) is 0 Å². The average Bonchev–Trinajstić information content (AvgIpc) is 2.41. The monoisotopic (exact) mass is 395 g/mol. The van der Waals surface area contributed by atoms with E-state index in [1.807, 2.05) is 0 Å². The van der Waals surface area contributed by atoms with Crippen molar-refractivity contribution in [1.29, 1.82) is 0 Å². The molecule has 0 heterocycles. The van der Waals surface area contributed by atoms with E-state index < -0.39 is 8.10 Å². The zero-order valence-electron chi connectivity index (χ0n) is 11.2. The highest BCUT2D eigenvalue weighted by atomic mass is 35.5. The molecule has 2 N–H and O–H groups in total. The molecule has 0 aliphatic carbocycles. The molecule has 0 spiro atoms. The lowest BCUT2D eigenvalue weighted by Gasteiger charge is -2.01. The molecule has 2 aromatic rings. The molecule has 0 atom stereocenters. The quantitative estimate of drug-likeness (QED) is 0.603. The Morgan fingerprint density at radius 3 is 1.32 bits per heavy atom. The number of hydrogen-bond acceptors (Lipinski definition) is 1. The van der Waals surface area contributed by atoms with Crippen molar-refractivity contribution >= 4 is 54.5 Å². The molecule has 22 heavy (non-hydrogen) atoms. The summed E-state index contributed by atoms with van der Waals surface area (Å²) in [5, 5.41) is 7.91. The zero-order chi connectivity index (χ0) is 16.1. The van der Waals surface area contributed by atoms with Gasteiger partial charge in [0.15, 0.2) is 0 Å². The Kier molecular flexibility index (Phi) is 6.91. The molecule has 0 aromatic heterocycles. The van der Waals surface area contributed by atoms with Gasteiger partial charge >= 0.3 is 8.10 Å². The maximum absolute atomic E-state index is 11.9. The van der Waals surface area contributed by atoms with Gasteiger partial charge in [-0.25, -0.2) is 0 Å². The van der Waals surface area contributed by atoms with Crippen LogP contribution in [0.15, 0.2) is 36.4 Å². The third kappa shape index (κ3) is 6.02. The van der Waals surface area contributed by atoms with Crippen LogP contribution in [0.1, 0.15) is 11.1 Å². The lowest BCUT2D eigenvalue weighted by molar-refractivity contribution is 0.569. The van der Waals surface area contributed by atoms with Crippen LogP contribution in [0.4, 0.5) is 0 Å². The summed E-state index contributed by atoms with van der Waals surface area (Å²) in [6, 6.07) is 10.4. The Bertz CT molecular complexity index is 599. The topological polar surface area (TPSA) is 41.1 Å². The molecular weight excluding hydrogens is 385 g/mol. The van der Waals surface area contributed by atoms with Crippen LogP contribution in [0.2, 0.25) is 20.1 Å². The summed E-state index contributed by atoms with van der Waals surface area (Å²) in [7, 11) is -1.79. The van der Waals surface area contributed by atoms with E-state index in [-0.39, 0.29) is 0 Å². The van der Waals surface area contributed by atoms with E-state index in [2.05, 4.69) is 10.2 Å². The fraction of sp³-hybridized carbons (Fsp3) is 0.143. The fourth-order valence-corrected chi connectivity index (χ4v) is 3.71. The molecule has 0 aliphatic heterocycles. The maximum Gasteiger partial charge on any atom is 0.532 e. The first-order valence-corrected chi connectivity index (χ1v) is 9.04. The van der Waals surface area contributed by atoms with Gasteiger partial charge in [-0.15, -0.1) is 0 Å². The average molecular weight is 397 g/mol. The molecule has 8 heteroatoms. The molecule has 0 saturated carbocycles. The Balaban J connectivity index is 1.85. The summed E-state index contributed by atoms with van der Waals surface area (Å²) in [5.41, 5.74) is 1.71. The first-order chi connectivity index (χ1) is 10.4. The molecule has 0 unspecified atom stereocenters. The van der Waals surface area contributed by atoms with Gasteiger partial charge in [-0.3, -0.25) is 0 Å². The van der Waals surface area contributed by atoms with Gasteiger partial charge in [0.25, 0.3) is 0 Å². The maximum atomic E-state index is 11.9. The van der Waals surface area contributed by atoms with E-state index in [0.29, 0.717) is 33.2 Å². The molecule has 2 aromatic carbocycles. The lowest BCUT2D eigenvalue weighted by Crippen LogP contribution is -2.13.